The number of anilines is 1. The van der Waals surface area contributed by atoms with Crippen molar-refractivity contribution in [1.82, 2.24) is 44.9 Å². The summed E-state index contributed by atoms with van der Waals surface area (Å²) in [7, 11) is 0. The Morgan fingerprint density at radius 1 is 0.811 bits per heavy atom. The summed E-state index contributed by atoms with van der Waals surface area (Å²) >= 11 is 6.69. The molecule has 0 unspecified atom stereocenters. The highest BCUT2D eigenvalue weighted by molar-refractivity contribution is 6.33. The first-order valence-electron chi connectivity index (χ1n) is 24.6. The number of rotatable bonds is 18. The summed E-state index contributed by atoms with van der Waals surface area (Å²) in [5, 5.41) is 19.0. The highest BCUT2D eigenvalue weighted by atomic mass is 35.5. The summed E-state index contributed by atoms with van der Waals surface area (Å²) in [6, 6.07) is 34.8. The van der Waals surface area contributed by atoms with Gasteiger partial charge >= 0.3 is 0 Å². The Labute approximate surface area is 429 Å². The number of hydrogen-bond donors (Lipinski definition) is 4. The van der Waals surface area contributed by atoms with E-state index in [0.29, 0.717) is 75.6 Å². The number of hydrogen-bond acceptors (Lipinski definition) is 15. The number of amides is 2. The molecule has 0 saturated carbocycles. The van der Waals surface area contributed by atoms with Gasteiger partial charge in [-0.2, -0.15) is 10.1 Å². The Morgan fingerprint density at radius 3 is 2.32 bits per heavy atom. The number of nitrogens with one attached hydrogen (secondary N) is 2. The van der Waals surface area contributed by atoms with Crippen molar-refractivity contribution in [3.05, 3.63) is 121 Å². The van der Waals surface area contributed by atoms with Gasteiger partial charge in [0.25, 0.3) is 6.01 Å². The number of piperidine rings is 1. The quantitative estimate of drug-likeness (QED) is 0.0623. The number of pyridine rings is 1. The van der Waals surface area contributed by atoms with Gasteiger partial charge in [0.2, 0.25) is 11.8 Å². The normalized spacial score (nSPS) is 19.4. The van der Waals surface area contributed by atoms with E-state index in [4.69, 9.17) is 55.8 Å². The van der Waals surface area contributed by atoms with Crippen LogP contribution < -0.4 is 25.3 Å². The molecular weight excluding hydrogens is 968 g/mol. The summed E-state index contributed by atoms with van der Waals surface area (Å²) < 4.78 is 36.8. The second-order valence-electron chi connectivity index (χ2n) is 18.3. The molecule has 0 bridgehead atoms. The van der Waals surface area contributed by atoms with Crippen molar-refractivity contribution >= 4 is 51.4 Å². The number of H-pyrrole nitrogens is 1. The van der Waals surface area contributed by atoms with Gasteiger partial charge in [-0.25, -0.2) is 19.6 Å². The van der Waals surface area contributed by atoms with Crippen molar-refractivity contribution in [3.63, 3.8) is 0 Å². The van der Waals surface area contributed by atoms with Gasteiger partial charge in [-0.3, -0.25) is 9.59 Å². The van der Waals surface area contributed by atoms with Gasteiger partial charge in [0.1, 0.15) is 60.0 Å². The summed E-state index contributed by atoms with van der Waals surface area (Å²) in [6.45, 7) is 2.60. The fraction of sp³-hybridized carbons (Fsp3) is 0.315. The van der Waals surface area contributed by atoms with Gasteiger partial charge in [0, 0.05) is 30.6 Å². The minimum absolute atomic E-state index is 0.0239. The van der Waals surface area contributed by atoms with E-state index in [2.05, 4.69) is 25.3 Å². The summed E-state index contributed by atoms with van der Waals surface area (Å²) in [5.41, 5.74) is 13.0. The monoisotopic (exact) mass is 1020 g/mol. The molecule has 2 amide bonds. The number of carbonyl (C=O) groups excluding carboxylic acids is 2. The zero-order chi connectivity index (χ0) is 50.5. The molecule has 5 atom stereocenters. The molecule has 3 aliphatic heterocycles. The SMILES string of the molecule is Nc1ncnc2c1c(-c1ccc(Oc3ccccc3)cc1)nn2[C@@H]1CCCN(C(=O)CCOCCC(=O)NCCOc2ccc(-c3ccc(-c4nc5nc(O[C@@H]6CO[C@H]7[C@@H]6OC[C@H]7O)[nH]c5cc4Cl)cc3)cc2)C1. The summed E-state index contributed by atoms with van der Waals surface area (Å²) in [6.07, 6.45) is 1.56. The second kappa shape index (κ2) is 21.8. The van der Waals surface area contributed by atoms with E-state index in [9.17, 15) is 14.7 Å². The molecule has 74 heavy (non-hydrogen) atoms. The molecule has 380 valence electrons. The summed E-state index contributed by atoms with van der Waals surface area (Å²) in [5.74, 6) is 2.25. The maximum Gasteiger partial charge on any atom is 0.296 e. The fourth-order valence-electron chi connectivity index (χ4n) is 9.58. The Kier molecular flexibility index (Phi) is 14.3. The van der Waals surface area contributed by atoms with Crippen LogP contribution >= 0.6 is 11.6 Å². The number of aromatic amines is 1. The zero-order valence-corrected chi connectivity index (χ0v) is 40.9. The van der Waals surface area contributed by atoms with E-state index in [1.165, 1.54) is 6.33 Å². The number of ether oxygens (including phenoxy) is 6. The first-order valence-corrected chi connectivity index (χ1v) is 25.0. The van der Waals surface area contributed by atoms with Crippen LogP contribution in [0.2, 0.25) is 5.02 Å². The number of aromatic nitrogens is 7. The first-order chi connectivity index (χ1) is 36.2. The predicted molar refractivity (Wildman–Crippen MR) is 275 cm³/mol. The number of nitrogen functional groups attached to an aromatic ring is 1. The number of imidazole rings is 1. The topological polar surface area (TPSA) is 236 Å². The molecule has 20 heteroatoms. The van der Waals surface area contributed by atoms with E-state index in [0.717, 1.165) is 40.8 Å². The van der Waals surface area contributed by atoms with Gasteiger partial charge < -0.3 is 54.5 Å². The van der Waals surface area contributed by atoms with Crippen LogP contribution in [0.25, 0.3) is 55.8 Å². The largest absolute Gasteiger partial charge is 0.492 e. The molecule has 11 rings (SSSR count). The van der Waals surface area contributed by atoms with E-state index in [1.807, 2.05) is 113 Å². The Balaban J connectivity index is 0.595. The smallest absolute Gasteiger partial charge is 0.296 e. The standard InChI is InChI=1S/C54H53ClN10O9/c55-40-27-41-52(62-54(60-41)74-43-30-72-49-42(66)29-71-50(43)49)61-47(40)34-10-8-32(9-11-34)33-12-16-37(17-13-33)70-26-22-57-44(67)20-24-69-25-21-45(68)64-23-4-5-36(28-64)65-53-46(51(56)58-31-59-53)48(63-65)35-14-18-39(19-15-35)73-38-6-2-1-3-7-38/h1-3,6-19,27,31,36,42-43,49-50,66H,4-5,20-26,28-30H2,(H,57,67)(H2,56,58,59)(H,60,61,62)/t36-,42-,43-,49-,50-/m1/s1. The van der Waals surface area contributed by atoms with Crippen molar-refractivity contribution in [2.24, 2.45) is 0 Å². The lowest BCUT2D eigenvalue weighted by molar-refractivity contribution is -0.134. The van der Waals surface area contributed by atoms with E-state index in [-0.39, 0.29) is 75.8 Å². The van der Waals surface area contributed by atoms with Crippen LogP contribution in [0.15, 0.2) is 116 Å². The highest BCUT2D eigenvalue weighted by Gasteiger charge is 2.48. The number of benzene rings is 4. The molecule has 0 radical (unpaired) electrons. The van der Waals surface area contributed by atoms with Crippen LogP contribution in [0.1, 0.15) is 31.7 Å². The molecule has 19 nitrogen and oxygen atoms in total. The van der Waals surface area contributed by atoms with Gasteiger partial charge in [-0.1, -0.05) is 66.2 Å². The number of halogens is 1. The fourth-order valence-corrected chi connectivity index (χ4v) is 9.84. The van der Waals surface area contributed by atoms with E-state index in [1.54, 1.807) is 6.07 Å². The number of para-hydroxylation sites is 1. The maximum atomic E-state index is 13.4. The molecule has 8 aromatic rings. The van der Waals surface area contributed by atoms with Gasteiger partial charge in [0.15, 0.2) is 17.4 Å². The molecule has 0 aliphatic carbocycles. The van der Waals surface area contributed by atoms with Crippen molar-refractivity contribution in [1.29, 1.82) is 0 Å². The van der Waals surface area contributed by atoms with Crippen molar-refractivity contribution in [2.45, 2.75) is 56.1 Å². The number of nitrogens with two attached hydrogens (primary N) is 1. The molecule has 5 N–H and O–H groups in total. The molecule has 3 aliphatic rings. The number of fused-ring (bicyclic) bond motifs is 3. The van der Waals surface area contributed by atoms with E-state index >= 15 is 0 Å². The van der Waals surface area contributed by atoms with Gasteiger partial charge in [0.05, 0.1) is 67.1 Å². The van der Waals surface area contributed by atoms with Crippen LogP contribution in [0.5, 0.6) is 23.3 Å². The van der Waals surface area contributed by atoms with Crippen LogP contribution in [-0.4, -0.2) is 134 Å². The Hall–Kier alpha value is -7.68. The van der Waals surface area contributed by atoms with Crippen LogP contribution in [0.3, 0.4) is 0 Å². The van der Waals surface area contributed by atoms with E-state index < -0.39 is 18.3 Å². The highest BCUT2D eigenvalue weighted by Crippen LogP contribution is 2.37. The third-order valence-electron chi connectivity index (χ3n) is 13.3. The van der Waals surface area contributed by atoms with Gasteiger partial charge in [-0.05, 0) is 78.6 Å². The van der Waals surface area contributed by atoms with Gasteiger partial charge in [-0.15, -0.1) is 0 Å². The lowest BCUT2D eigenvalue weighted by atomic mass is 10.0. The van der Waals surface area contributed by atoms with Crippen molar-refractivity contribution in [3.8, 4) is 56.9 Å². The molecule has 4 aromatic carbocycles. The third kappa shape index (κ3) is 10.7. The third-order valence-corrected chi connectivity index (χ3v) is 13.6. The second-order valence-corrected chi connectivity index (χ2v) is 18.7. The minimum atomic E-state index is -0.669. The molecule has 3 saturated heterocycles. The van der Waals surface area contributed by atoms with Crippen LogP contribution in [-0.2, 0) is 23.8 Å². The number of nitrogens with zero attached hydrogens (tertiary/aromatic N) is 7. The minimum Gasteiger partial charge on any atom is -0.492 e. The van der Waals surface area contributed by atoms with Crippen molar-refractivity contribution < 1.29 is 43.1 Å². The average Bonchev–Trinajstić information content (AvgIpc) is 4.22. The number of aliphatic hydroxyl groups excluding tert-OH is 1. The Bertz CT molecular complexity index is 3250. The average molecular weight is 1020 g/mol. The molecule has 4 aromatic heterocycles. The molecule has 7 heterocycles. The van der Waals surface area contributed by atoms with Crippen molar-refractivity contribution in [2.75, 3.05) is 58.4 Å². The summed E-state index contributed by atoms with van der Waals surface area (Å²) in [4.78, 5) is 49.0. The number of aliphatic hydroxyl groups is 1. The first kappa shape index (κ1) is 48.6. The molecule has 3 fully saturated rings. The Morgan fingerprint density at radius 2 is 1.51 bits per heavy atom. The number of likely N-dealkylation sites (tertiary alicyclic amines) is 1. The van der Waals surface area contributed by atoms with Crippen LogP contribution in [0.4, 0.5) is 5.82 Å². The maximum absolute atomic E-state index is 13.4. The zero-order valence-electron chi connectivity index (χ0n) is 40.1. The lowest BCUT2D eigenvalue weighted by Crippen LogP contribution is -2.41. The predicted octanol–water partition coefficient (Wildman–Crippen LogP) is 7.19. The molecule has 0 spiro atoms. The molecular formula is C54H53ClN10O9. The lowest BCUT2D eigenvalue weighted by Gasteiger charge is -2.33. The number of carbonyl (C=O) groups is 2. The van der Waals surface area contributed by atoms with Crippen LogP contribution in [0, 0.1) is 0 Å².